The Morgan fingerprint density at radius 2 is 1.81 bits per heavy atom. The number of carbonyl (C=O) groups is 1. The van der Waals surface area contributed by atoms with Crippen LogP contribution in [0.2, 0.25) is 0 Å². The van der Waals surface area contributed by atoms with E-state index in [2.05, 4.69) is 15.2 Å². The van der Waals surface area contributed by atoms with E-state index in [4.69, 9.17) is 25.9 Å². The number of carbonyl (C=O) groups excluding carboxylic acids is 1. The zero-order valence-electron chi connectivity index (χ0n) is 21.5. The van der Waals surface area contributed by atoms with Crippen LogP contribution in [-0.4, -0.2) is 35.5 Å². The number of halogens is 1. The van der Waals surface area contributed by atoms with Crippen LogP contribution in [0.15, 0.2) is 21.3 Å². The summed E-state index contributed by atoms with van der Waals surface area (Å²) < 4.78 is 11.8. The van der Waals surface area contributed by atoms with E-state index < -0.39 is 11.8 Å². The first-order valence-electron chi connectivity index (χ1n) is 13.3. The molecular formula is C27H37ClN4O4. The number of ether oxygens (including phenoxy) is 2. The second-order valence-corrected chi connectivity index (χ2v) is 11.7. The van der Waals surface area contributed by atoms with E-state index in [9.17, 15) is 4.79 Å². The molecule has 2 saturated carbocycles. The van der Waals surface area contributed by atoms with E-state index in [0.717, 1.165) is 53.3 Å². The predicted octanol–water partition coefficient (Wildman–Crippen LogP) is 5.59. The van der Waals surface area contributed by atoms with Crippen LogP contribution in [0.5, 0.6) is 0 Å². The Bertz CT molecular complexity index is 1150. The smallest absolute Gasteiger partial charge is 0.427 e. The third-order valence-electron chi connectivity index (χ3n) is 7.32. The molecule has 1 aromatic rings. The lowest BCUT2D eigenvalue weighted by molar-refractivity contribution is -0.0482. The summed E-state index contributed by atoms with van der Waals surface area (Å²) in [6.45, 7) is 6.14. The van der Waals surface area contributed by atoms with Crippen LogP contribution >= 0.6 is 11.6 Å². The molecule has 9 heteroatoms. The van der Waals surface area contributed by atoms with Crippen molar-refractivity contribution in [2.75, 3.05) is 11.6 Å². The number of hydrogen-bond donors (Lipinski definition) is 1. The highest BCUT2D eigenvalue weighted by molar-refractivity contribution is 6.34. The van der Waals surface area contributed by atoms with Crippen LogP contribution in [0.25, 0.3) is 11.8 Å². The minimum Gasteiger partial charge on any atom is -0.427 e. The molecular weight excluding hydrogens is 480 g/mol. The number of fused-ring (bicyclic) bond motifs is 3. The highest BCUT2D eigenvalue weighted by Gasteiger charge is 2.31. The maximum Gasteiger partial charge on any atom is 0.533 e. The monoisotopic (exact) mass is 516 g/mol. The average molecular weight is 517 g/mol. The van der Waals surface area contributed by atoms with Crippen molar-refractivity contribution in [1.29, 1.82) is 0 Å². The van der Waals surface area contributed by atoms with Gasteiger partial charge in [0.25, 0.3) is 0 Å². The predicted molar refractivity (Wildman–Crippen MR) is 139 cm³/mol. The van der Waals surface area contributed by atoms with Crippen molar-refractivity contribution < 1.29 is 19.1 Å². The zero-order chi connectivity index (χ0) is 25.3. The second-order valence-electron chi connectivity index (χ2n) is 11.2. The van der Waals surface area contributed by atoms with Gasteiger partial charge in [0, 0.05) is 16.5 Å². The van der Waals surface area contributed by atoms with Crippen LogP contribution in [0, 0.1) is 5.92 Å². The molecule has 196 valence electrons. The highest BCUT2D eigenvalue weighted by Crippen LogP contribution is 2.36. The van der Waals surface area contributed by atoms with E-state index in [1.54, 1.807) is 26.8 Å². The van der Waals surface area contributed by atoms with Crippen LogP contribution in [0.3, 0.4) is 0 Å². The van der Waals surface area contributed by atoms with Crippen LogP contribution in [0.4, 0.5) is 10.5 Å². The Morgan fingerprint density at radius 1 is 1.08 bits per heavy atom. The van der Waals surface area contributed by atoms with E-state index in [1.807, 2.05) is 6.08 Å². The quantitative estimate of drug-likeness (QED) is 0.527. The van der Waals surface area contributed by atoms with Crippen LogP contribution in [-0.2, 0) is 20.9 Å². The van der Waals surface area contributed by atoms with Gasteiger partial charge in [-0.3, -0.25) is 0 Å². The SMILES string of the molecule is CC(C)(C)OC(=O)ON1CC=C(Cl)C=c2[nH]c3c(c21)CN=NC=3C1CCC(OC2CCCCC2)CC1. The van der Waals surface area contributed by atoms with Gasteiger partial charge in [0.2, 0.25) is 0 Å². The van der Waals surface area contributed by atoms with Gasteiger partial charge in [-0.15, -0.1) is 0 Å². The molecule has 3 heterocycles. The molecule has 8 nitrogen and oxygen atoms in total. The Labute approximate surface area is 217 Å². The van der Waals surface area contributed by atoms with E-state index in [-0.39, 0.29) is 0 Å². The summed E-state index contributed by atoms with van der Waals surface area (Å²) in [5.74, 6) is 0.313. The Hall–Kier alpha value is -2.32. The van der Waals surface area contributed by atoms with Crippen LogP contribution in [0.1, 0.15) is 84.1 Å². The molecule has 0 spiro atoms. The molecule has 0 radical (unpaired) electrons. The number of rotatable bonds is 4. The molecule has 1 aromatic heterocycles. The van der Waals surface area contributed by atoms with Gasteiger partial charge < -0.3 is 19.3 Å². The summed E-state index contributed by atoms with van der Waals surface area (Å²) in [4.78, 5) is 21.7. The third-order valence-corrected chi connectivity index (χ3v) is 7.59. The number of aromatic amines is 1. The van der Waals surface area contributed by atoms with Gasteiger partial charge in [-0.25, -0.2) is 4.79 Å². The molecule has 0 aromatic carbocycles. The molecule has 0 bridgehead atoms. The fourth-order valence-corrected chi connectivity index (χ4v) is 5.85. The summed E-state index contributed by atoms with van der Waals surface area (Å²) in [6.07, 6.45) is 14.2. The molecule has 1 N–H and O–H groups in total. The van der Waals surface area contributed by atoms with E-state index in [0.29, 0.717) is 36.2 Å². The van der Waals surface area contributed by atoms with Gasteiger partial charge in [0.1, 0.15) is 11.3 Å². The van der Waals surface area contributed by atoms with Gasteiger partial charge in [0.05, 0.1) is 41.7 Å². The van der Waals surface area contributed by atoms with E-state index in [1.165, 1.54) is 37.2 Å². The molecule has 2 aliphatic carbocycles. The maximum absolute atomic E-state index is 12.5. The average Bonchev–Trinajstić information content (AvgIpc) is 3.12. The Morgan fingerprint density at radius 3 is 2.53 bits per heavy atom. The second kappa shape index (κ2) is 10.6. The summed E-state index contributed by atoms with van der Waals surface area (Å²) in [6, 6.07) is 0. The van der Waals surface area contributed by atoms with E-state index >= 15 is 0 Å². The maximum atomic E-state index is 12.5. The molecule has 4 aliphatic rings. The van der Waals surface area contributed by atoms with Crippen molar-refractivity contribution in [2.24, 2.45) is 16.1 Å². The highest BCUT2D eigenvalue weighted by atomic mass is 35.5. The first-order valence-corrected chi connectivity index (χ1v) is 13.7. The molecule has 2 fully saturated rings. The van der Waals surface area contributed by atoms with Crippen molar-refractivity contribution in [3.63, 3.8) is 0 Å². The summed E-state index contributed by atoms with van der Waals surface area (Å²) in [5, 5.41) is 12.9. The van der Waals surface area contributed by atoms with Gasteiger partial charge in [-0.2, -0.15) is 15.3 Å². The molecule has 0 unspecified atom stereocenters. The summed E-state index contributed by atoms with van der Waals surface area (Å²) in [7, 11) is 0. The van der Waals surface area contributed by atoms with Crippen molar-refractivity contribution in [3.8, 4) is 0 Å². The van der Waals surface area contributed by atoms with Crippen molar-refractivity contribution in [2.45, 2.75) is 103 Å². The minimum atomic E-state index is -0.757. The molecule has 0 amide bonds. The van der Waals surface area contributed by atoms with Gasteiger partial charge in [0.15, 0.2) is 0 Å². The number of nitrogens with one attached hydrogen (secondary N) is 1. The molecule has 5 rings (SSSR count). The number of hydroxylamine groups is 1. The zero-order valence-corrected chi connectivity index (χ0v) is 22.3. The lowest BCUT2D eigenvalue weighted by Crippen LogP contribution is -2.34. The minimum absolute atomic E-state index is 0.307. The first-order chi connectivity index (χ1) is 17.3. The normalized spacial score (nSPS) is 24.8. The van der Waals surface area contributed by atoms with Gasteiger partial charge in [-0.1, -0.05) is 30.9 Å². The number of aromatic nitrogens is 1. The fourth-order valence-electron chi connectivity index (χ4n) is 5.68. The Kier molecular flexibility index (Phi) is 7.45. The standard InChI is InChI=1S/C27H37ClN4O4/c1-27(2,3)35-26(33)36-32-14-13-18(28)15-22-25(32)21-16-29-31-23(24(21)30-22)17-9-11-20(12-10-17)34-19-7-5-4-6-8-19/h13,15,17,19-20,30H,4-12,14,16H2,1-3H3. The molecule has 36 heavy (non-hydrogen) atoms. The molecule has 2 aliphatic heterocycles. The third kappa shape index (κ3) is 5.80. The van der Waals surface area contributed by atoms with Gasteiger partial charge >= 0.3 is 6.16 Å². The number of allylic oxidation sites excluding steroid dienone is 1. The van der Waals surface area contributed by atoms with Crippen molar-refractivity contribution in [1.82, 2.24) is 4.98 Å². The first kappa shape index (κ1) is 25.3. The largest absolute Gasteiger partial charge is 0.533 e. The lowest BCUT2D eigenvalue weighted by Gasteiger charge is -2.33. The van der Waals surface area contributed by atoms with Crippen molar-refractivity contribution in [3.05, 3.63) is 27.4 Å². The number of H-pyrrole nitrogens is 1. The number of nitrogens with zero attached hydrogens (tertiary/aromatic N) is 3. The molecule has 0 atom stereocenters. The molecule has 0 saturated heterocycles. The lowest BCUT2D eigenvalue weighted by atomic mass is 9.84. The fraction of sp³-hybridized carbons (Fsp3) is 0.667. The number of hydrogen-bond acceptors (Lipinski definition) is 7. The van der Waals surface area contributed by atoms with Crippen molar-refractivity contribution >= 4 is 35.2 Å². The van der Waals surface area contributed by atoms with Crippen LogP contribution < -0.4 is 15.8 Å². The number of azo groups is 1. The van der Waals surface area contributed by atoms with Gasteiger partial charge in [-0.05, 0) is 71.4 Å². The Balaban J connectivity index is 1.38. The summed E-state index contributed by atoms with van der Waals surface area (Å²) in [5.41, 5.74) is 2.05. The summed E-state index contributed by atoms with van der Waals surface area (Å²) >= 11 is 6.42. The topological polar surface area (TPSA) is 88.5 Å². The number of anilines is 1.